The van der Waals surface area contributed by atoms with Crippen molar-refractivity contribution in [2.24, 2.45) is 34.5 Å². The topological polar surface area (TPSA) is 63.6 Å². The lowest BCUT2D eigenvalue weighted by Gasteiger charge is -2.44. The van der Waals surface area contributed by atoms with Crippen molar-refractivity contribution in [3.63, 3.8) is 0 Å². The molecule has 4 aliphatic rings. The normalized spacial score (nSPS) is 36.3. The minimum atomic E-state index is -0.681. The van der Waals surface area contributed by atoms with E-state index in [1.54, 1.807) is 0 Å². The SMILES string of the molecule is C=C1C(=CC=C2CCC[C@]3(C)[C@@H]([C@H](C)C=CC(=O)C4CC4)CC[C@@H]23)C[C@@H](OC(=O)C(C)(C)C)C[C@@H]1O. The van der Waals surface area contributed by atoms with Gasteiger partial charge >= 0.3 is 5.97 Å². The Hall–Kier alpha value is -1.94. The van der Waals surface area contributed by atoms with Gasteiger partial charge in [0.1, 0.15) is 6.10 Å². The van der Waals surface area contributed by atoms with E-state index in [2.05, 4.69) is 38.7 Å². The molecule has 198 valence electrons. The highest BCUT2D eigenvalue weighted by Gasteiger charge is 2.50. The lowest BCUT2D eigenvalue weighted by Crippen LogP contribution is -2.35. The summed E-state index contributed by atoms with van der Waals surface area (Å²) in [6.45, 7) is 14.5. The lowest BCUT2D eigenvalue weighted by molar-refractivity contribution is -0.160. The largest absolute Gasteiger partial charge is 0.462 e. The highest BCUT2D eigenvalue weighted by Crippen LogP contribution is 2.59. The van der Waals surface area contributed by atoms with Gasteiger partial charge in [-0.2, -0.15) is 0 Å². The summed E-state index contributed by atoms with van der Waals surface area (Å²) in [7, 11) is 0. The molecule has 4 aliphatic carbocycles. The van der Waals surface area contributed by atoms with Gasteiger partial charge in [-0.15, -0.1) is 0 Å². The van der Waals surface area contributed by atoms with Crippen LogP contribution in [0.2, 0.25) is 0 Å². The minimum absolute atomic E-state index is 0.230. The number of hydrogen-bond donors (Lipinski definition) is 1. The van der Waals surface area contributed by atoms with Crippen LogP contribution in [0.1, 0.15) is 92.4 Å². The van der Waals surface area contributed by atoms with Gasteiger partial charge in [-0.1, -0.05) is 44.2 Å². The molecule has 0 unspecified atom stereocenters. The second-order valence-corrected chi connectivity index (χ2v) is 13.2. The van der Waals surface area contributed by atoms with Gasteiger partial charge in [0.2, 0.25) is 0 Å². The maximum Gasteiger partial charge on any atom is 0.311 e. The van der Waals surface area contributed by atoms with Crippen molar-refractivity contribution < 1.29 is 19.4 Å². The summed E-state index contributed by atoms with van der Waals surface area (Å²) in [5.74, 6) is 1.94. The molecule has 4 fully saturated rings. The Morgan fingerprint density at radius 2 is 1.89 bits per heavy atom. The number of hydrogen-bond acceptors (Lipinski definition) is 4. The summed E-state index contributed by atoms with van der Waals surface area (Å²) in [5, 5.41) is 10.6. The predicted octanol–water partition coefficient (Wildman–Crippen LogP) is 6.90. The molecule has 1 N–H and O–H groups in total. The zero-order valence-electron chi connectivity index (χ0n) is 23.0. The van der Waals surface area contributed by atoms with Gasteiger partial charge in [0.15, 0.2) is 5.78 Å². The first-order valence-electron chi connectivity index (χ1n) is 14.1. The number of fused-ring (bicyclic) bond motifs is 1. The van der Waals surface area contributed by atoms with E-state index in [9.17, 15) is 14.7 Å². The highest BCUT2D eigenvalue weighted by molar-refractivity contribution is 5.93. The molecule has 6 atom stereocenters. The molecular formula is C32H46O4. The van der Waals surface area contributed by atoms with Gasteiger partial charge in [-0.3, -0.25) is 9.59 Å². The number of allylic oxidation sites excluding steroid dienone is 5. The first-order valence-corrected chi connectivity index (χ1v) is 14.1. The number of carbonyl (C=O) groups is 2. The summed E-state index contributed by atoms with van der Waals surface area (Å²) < 4.78 is 5.75. The van der Waals surface area contributed by atoms with E-state index in [1.165, 1.54) is 31.3 Å². The number of carbonyl (C=O) groups excluding carboxylic acids is 2. The average Bonchev–Trinajstić information content (AvgIpc) is 3.59. The monoisotopic (exact) mass is 494 g/mol. The second-order valence-electron chi connectivity index (χ2n) is 13.2. The Labute approximate surface area is 218 Å². The standard InChI is InChI=1S/C32H46O4/c1-20(9-16-28(33)23-11-12-23)26-14-15-27-22(8-7-17-32(26,27)6)10-13-24-18-25(19-29(34)21(24)2)36-30(35)31(3,4)5/h9-10,13,16,20,23,25-27,29,34H,2,7-8,11-12,14-15,17-19H2,1,3-6H3/t20-,25-,26-,27+,29+,32-/m1/s1. The van der Waals surface area contributed by atoms with E-state index in [-0.39, 0.29) is 17.5 Å². The van der Waals surface area contributed by atoms with E-state index in [1.807, 2.05) is 26.8 Å². The Morgan fingerprint density at radius 1 is 1.17 bits per heavy atom. The molecule has 0 amide bonds. The van der Waals surface area contributed by atoms with Crippen LogP contribution in [0.4, 0.5) is 0 Å². The molecule has 0 aliphatic heterocycles. The van der Waals surface area contributed by atoms with Gasteiger partial charge < -0.3 is 9.84 Å². The van der Waals surface area contributed by atoms with Crippen molar-refractivity contribution in [2.75, 3.05) is 0 Å². The lowest BCUT2D eigenvalue weighted by atomic mass is 9.61. The second kappa shape index (κ2) is 10.4. The van der Waals surface area contributed by atoms with Crippen molar-refractivity contribution in [3.05, 3.63) is 47.6 Å². The zero-order valence-corrected chi connectivity index (χ0v) is 23.0. The smallest absolute Gasteiger partial charge is 0.311 e. The Morgan fingerprint density at radius 3 is 2.56 bits per heavy atom. The van der Waals surface area contributed by atoms with E-state index < -0.39 is 11.5 Å². The summed E-state index contributed by atoms with van der Waals surface area (Å²) in [4.78, 5) is 24.6. The van der Waals surface area contributed by atoms with Crippen LogP contribution in [0.3, 0.4) is 0 Å². The molecule has 0 heterocycles. The quantitative estimate of drug-likeness (QED) is 0.322. The van der Waals surface area contributed by atoms with Crippen LogP contribution in [0, 0.1) is 34.5 Å². The fraction of sp³-hybridized carbons (Fsp3) is 0.688. The number of rotatable bonds is 6. The molecular weight excluding hydrogens is 448 g/mol. The Kier molecular flexibility index (Phi) is 7.86. The molecule has 0 radical (unpaired) electrons. The Balaban J connectivity index is 1.47. The van der Waals surface area contributed by atoms with E-state index in [4.69, 9.17) is 4.74 Å². The summed E-state index contributed by atoms with van der Waals surface area (Å²) in [6, 6.07) is 0. The average molecular weight is 495 g/mol. The summed E-state index contributed by atoms with van der Waals surface area (Å²) >= 11 is 0. The number of esters is 1. The van der Waals surface area contributed by atoms with Crippen LogP contribution >= 0.6 is 0 Å². The fourth-order valence-electron chi connectivity index (χ4n) is 6.89. The molecule has 4 rings (SSSR count). The predicted molar refractivity (Wildman–Crippen MR) is 144 cm³/mol. The van der Waals surface area contributed by atoms with E-state index >= 15 is 0 Å². The molecule has 4 heteroatoms. The van der Waals surface area contributed by atoms with Crippen molar-refractivity contribution in [3.8, 4) is 0 Å². The molecule has 0 bridgehead atoms. The molecule has 0 spiro atoms. The minimum Gasteiger partial charge on any atom is -0.462 e. The fourth-order valence-corrected chi connectivity index (χ4v) is 6.89. The molecule has 4 nitrogen and oxygen atoms in total. The Bertz CT molecular complexity index is 973. The third-order valence-corrected chi connectivity index (χ3v) is 9.35. The highest BCUT2D eigenvalue weighted by atomic mass is 16.5. The van der Waals surface area contributed by atoms with Crippen LogP contribution < -0.4 is 0 Å². The van der Waals surface area contributed by atoms with Gasteiger partial charge in [0.05, 0.1) is 11.5 Å². The van der Waals surface area contributed by atoms with E-state index in [0.717, 1.165) is 30.4 Å². The number of ketones is 1. The van der Waals surface area contributed by atoms with Crippen LogP contribution in [-0.4, -0.2) is 29.1 Å². The maximum atomic E-state index is 12.4. The number of ether oxygens (including phenoxy) is 1. The number of aliphatic hydroxyl groups is 1. The summed E-state index contributed by atoms with van der Waals surface area (Å²) in [5.41, 5.74) is 2.93. The third kappa shape index (κ3) is 5.79. The van der Waals surface area contributed by atoms with E-state index in [0.29, 0.717) is 42.3 Å². The van der Waals surface area contributed by atoms with Crippen LogP contribution in [0.5, 0.6) is 0 Å². The van der Waals surface area contributed by atoms with Gasteiger partial charge in [-0.05, 0) is 106 Å². The van der Waals surface area contributed by atoms with Gasteiger partial charge in [-0.25, -0.2) is 0 Å². The maximum absolute atomic E-state index is 12.4. The van der Waals surface area contributed by atoms with Crippen LogP contribution in [0.25, 0.3) is 0 Å². The first kappa shape index (κ1) is 27.1. The summed E-state index contributed by atoms with van der Waals surface area (Å²) in [6.07, 6.45) is 16.5. The molecule has 0 aromatic heterocycles. The van der Waals surface area contributed by atoms with Gasteiger partial charge in [0.25, 0.3) is 0 Å². The molecule has 0 saturated heterocycles. The number of aliphatic hydroxyl groups excluding tert-OH is 1. The van der Waals surface area contributed by atoms with Crippen molar-refractivity contribution in [1.29, 1.82) is 0 Å². The van der Waals surface area contributed by atoms with Crippen molar-refractivity contribution >= 4 is 11.8 Å². The van der Waals surface area contributed by atoms with Crippen molar-refractivity contribution in [2.45, 2.75) is 105 Å². The zero-order chi connectivity index (χ0) is 26.3. The van der Waals surface area contributed by atoms with Gasteiger partial charge in [0, 0.05) is 18.8 Å². The molecule has 36 heavy (non-hydrogen) atoms. The van der Waals surface area contributed by atoms with Crippen molar-refractivity contribution in [1.82, 2.24) is 0 Å². The molecule has 0 aromatic carbocycles. The third-order valence-electron chi connectivity index (χ3n) is 9.35. The molecule has 4 saturated carbocycles. The van der Waals surface area contributed by atoms with Crippen LogP contribution in [0.15, 0.2) is 47.6 Å². The molecule has 0 aromatic rings. The first-order chi connectivity index (χ1) is 16.9. The van der Waals surface area contributed by atoms with Crippen LogP contribution in [-0.2, 0) is 14.3 Å².